The SMILES string of the molecule is FC(F)(F)c1cnnc(Nc2ccncc2)c1. The van der Waals surface area contributed by atoms with Crippen LogP contribution in [0.1, 0.15) is 5.56 Å². The molecule has 2 heterocycles. The summed E-state index contributed by atoms with van der Waals surface area (Å²) < 4.78 is 37.2. The Bertz CT molecular complexity index is 498. The fraction of sp³-hybridized carbons (Fsp3) is 0.100. The van der Waals surface area contributed by atoms with E-state index in [0.717, 1.165) is 6.07 Å². The third kappa shape index (κ3) is 2.90. The van der Waals surface area contributed by atoms with E-state index in [1.165, 1.54) is 12.4 Å². The molecule has 0 saturated heterocycles. The van der Waals surface area contributed by atoms with Crippen LogP contribution in [0, 0.1) is 0 Å². The molecule has 4 nitrogen and oxygen atoms in total. The number of aromatic nitrogens is 3. The topological polar surface area (TPSA) is 50.7 Å². The third-order valence-electron chi connectivity index (χ3n) is 1.93. The minimum absolute atomic E-state index is 0.0334. The number of hydrogen-bond acceptors (Lipinski definition) is 4. The molecule has 0 fully saturated rings. The molecule has 0 amide bonds. The van der Waals surface area contributed by atoms with Gasteiger partial charge in [0, 0.05) is 18.1 Å². The smallest absolute Gasteiger partial charge is 0.339 e. The highest BCUT2D eigenvalue weighted by Gasteiger charge is 2.31. The monoisotopic (exact) mass is 240 g/mol. The van der Waals surface area contributed by atoms with Crippen molar-refractivity contribution in [1.29, 1.82) is 0 Å². The van der Waals surface area contributed by atoms with Crippen LogP contribution in [-0.2, 0) is 6.18 Å². The van der Waals surface area contributed by atoms with Gasteiger partial charge in [0.2, 0.25) is 0 Å². The molecule has 0 bridgehead atoms. The Morgan fingerprint density at radius 2 is 1.82 bits per heavy atom. The van der Waals surface area contributed by atoms with Crippen LogP contribution in [0.4, 0.5) is 24.7 Å². The summed E-state index contributed by atoms with van der Waals surface area (Å²) in [4.78, 5) is 3.79. The first kappa shape index (κ1) is 11.3. The van der Waals surface area contributed by atoms with E-state index in [9.17, 15) is 13.2 Å². The van der Waals surface area contributed by atoms with E-state index in [0.29, 0.717) is 11.9 Å². The summed E-state index contributed by atoms with van der Waals surface area (Å²) >= 11 is 0. The van der Waals surface area contributed by atoms with Crippen molar-refractivity contribution >= 4 is 11.5 Å². The molecule has 2 rings (SSSR count). The number of nitrogens with one attached hydrogen (secondary N) is 1. The average Bonchev–Trinajstić information content (AvgIpc) is 2.29. The lowest BCUT2D eigenvalue weighted by Gasteiger charge is -2.08. The van der Waals surface area contributed by atoms with Gasteiger partial charge in [-0.05, 0) is 18.2 Å². The number of nitrogens with zero attached hydrogens (tertiary/aromatic N) is 3. The molecule has 7 heteroatoms. The number of halogens is 3. The summed E-state index contributed by atoms with van der Waals surface area (Å²) in [7, 11) is 0. The molecule has 0 spiro atoms. The molecule has 0 aliphatic rings. The van der Waals surface area contributed by atoms with Crippen molar-refractivity contribution in [2.24, 2.45) is 0 Å². The minimum Gasteiger partial charge on any atom is -0.339 e. The molecule has 0 radical (unpaired) electrons. The van der Waals surface area contributed by atoms with Crippen LogP contribution in [0.2, 0.25) is 0 Å². The molecule has 1 N–H and O–H groups in total. The first-order chi connectivity index (χ1) is 8.05. The van der Waals surface area contributed by atoms with E-state index in [2.05, 4.69) is 20.5 Å². The Morgan fingerprint density at radius 1 is 1.12 bits per heavy atom. The van der Waals surface area contributed by atoms with Crippen molar-refractivity contribution in [2.45, 2.75) is 6.18 Å². The molecular weight excluding hydrogens is 233 g/mol. The Balaban J connectivity index is 2.23. The fourth-order valence-corrected chi connectivity index (χ4v) is 1.17. The Kier molecular flexibility index (Phi) is 2.90. The summed E-state index contributed by atoms with van der Waals surface area (Å²) in [5.74, 6) is 0.0334. The molecule has 0 aliphatic heterocycles. The molecule has 2 aromatic rings. The van der Waals surface area contributed by atoms with E-state index in [1.54, 1.807) is 12.1 Å². The van der Waals surface area contributed by atoms with Crippen LogP contribution in [-0.4, -0.2) is 15.2 Å². The van der Waals surface area contributed by atoms with E-state index in [4.69, 9.17) is 0 Å². The van der Waals surface area contributed by atoms with Gasteiger partial charge in [-0.15, -0.1) is 5.10 Å². The zero-order valence-electron chi connectivity index (χ0n) is 8.44. The van der Waals surface area contributed by atoms with Gasteiger partial charge >= 0.3 is 6.18 Å². The van der Waals surface area contributed by atoms with E-state index < -0.39 is 11.7 Å². The number of alkyl halides is 3. The van der Waals surface area contributed by atoms with Gasteiger partial charge in [0.1, 0.15) is 0 Å². The summed E-state index contributed by atoms with van der Waals surface area (Å²) in [6, 6.07) is 4.12. The fourth-order valence-electron chi connectivity index (χ4n) is 1.17. The van der Waals surface area contributed by atoms with E-state index >= 15 is 0 Å². The molecule has 17 heavy (non-hydrogen) atoms. The Hall–Kier alpha value is -2.18. The standard InChI is InChI=1S/C10H7F3N4/c11-10(12,13)7-5-9(17-15-6-7)16-8-1-3-14-4-2-8/h1-6H,(H,14,16,17). The van der Waals surface area contributed by atoms with Crippen molar-refractivity contribution in [2.75, 3.05) is 5.32 Å². The quantitative estimate of drug-likeness (QED) is 0.876. The normalized spacial score (nSPS) is 11.2. The molecule has 0 saturated carbocycles. The lowest BCUT2D eigenvalue weighted by molar-refractivity contribution is -0.137. The predicted octanol–water partition coefficient (Wildman–Crippen LogP) is 2.63. The highest BCUT2D eigenvalue weighted by molar-refractivity contribution is 5.55. The highest BCUT2D eigenvalue weighted by atomic mass is 19.4. The maximum absolute atomic E-state index is 12.4. The number of anilines is 2. The summed E-state index contributed by atoms with van der Waals surface area (Å²) in [5.41, 5.74) is -0.252. The molecule has 2 aromatic heterocycles. The third-order valence-corrected chi connectivity index (χ3v) is 1.93. The van der Waals surface area contributed by atoms with Crippen LogP contribution < -0.4 is 5.32 Å². The molecule has 88 valence electrons. The lowest BCUT2D eigenvalue weighted by atomic mass is 10.3. The zero-order valence-corrected chi connectivity index (χ0v) is 8.44. The van der Waals surface area contributed by atoms with Crippen molar-refractivity contribution in [3.05, 3.63) is 42.4 Å². The van der Waals surface area contributed by atoms with Crippen LogP contribution in [0.25, 0.3) is 0 Å². The van der Waals surface area contributed by atoms with Crippen molar-refractivity contribution in [1.82, 2.24) is 15.2 Å². The minimum atomic E-state index is -4.43. The van der Waals surface area contributed by atoms with Crippen LogP contribution in [0.5, 0.6) is 0 Å². The second-order valence-electron chi connectivity index (χ2n) is 3.19. The van der Waals surface area contributed by atoms with Crippen molar-refractivity contribution < 1.29 is 13.2 Å². The Labute approximate surface area is 94.5 Å². The highest BCUT2D eigenvalue weighted by Crippen LogP contribution is 2.29. The first-order valence-corrected chi connectivity index (χ1v) is 4.63. The van der Waals surface area contributed by atoms with Crippen LogP contribution in [0.15, 0.2) is 36.8 Å². The van der Waals surface area contributed by atoms with Crippen LogP contribution >= 0.6 is 0 Å². The van der Waals surface area contributed by atoms with Gasteiger partial charge in [-0.1, -0.05) is 0 Å². The molecule has 0 atom stereocenters. The molecular formula is C10H7F3N4. The number of pyridine rings is 1. The van der Waals surface area contributed by atoms with Gasteiger partial charge in [0.15, 0.2) is 5.82 Å². The predicted molar refractivity (Wildman–Crippen MR) is 54.6 cm³/mol. The van der Waals surface area contributed by atoms with E-state index in [-0.39, 0.29) is 5.82 Å². The van der Waals surface area contributed by atoms with Crippen LogP contribution in [0.3, 0.4) is 0 Å². The first-order valence-electron chi connectivity index (χ1n) is 4.63. The summed E-state index contributed by atoms with van der Waals surface area (Å²) in [5, 5.41) is 9.57. The molecule has 0 unspecified atom stereocenters. The number of hydrogen-bond donors (Lipinski definition) is 1. The summed E-state index contributed by atoms with van der Waals surface area (Å²) in [6.45, 7) is 0. The second-order valence-corrected chi connectivity index (χ2v) is 3.19. The van der Waals surface area contributed by atoms with Crippen molar-refractivity contribution in [3.63, 3.8) is 0 Å². The maximum atomic E-state index is 12.4. The Morgan fingerprint density at radius 3 is 2.47 bits per heavy atom. The lowest BCUT2D eigenvalue weighted by Crippen LogP contribution is -2.07. The van der Waals surface area contributed by atoms with Crippen molar-refractivity contribution in [3.8, 4) is 0 Å². The summed E-state index contributed by atoms with van der Waals surface area (Å²) in [6.07, 6.45) is -0.713. The van der Waals surface area contributed by atoms with Gasteiger partial charge in [-0.3, -0.25) is 4.98 Å². The van der Waals surface area contributed by atoms with Gasteiger partial charge in [0.25, 0.3) is 0 Å². The van der Waals surface area contributed by atoms with Gasteiger partial charge in [0.05, 0.1) is 11.8 Å². The van der Waals surface area contributed by atoms with Gasteiger partial charge in [-0.2, -0.15) is 18.3 Å². The molecule has 0 aromatic carbocycles. The second kappa shape index (κ2) is 4.36. The molecule has 0 aliphatic carbocycles. The largest absolute Gasteiger partial charge is 0.418 e. The maximum Gasteiger partial charge on any atom is 0.418 e. The van der Waals surface area contributed by atoms with E-state index in [1.807, 2.05) is 0 Å². The van der Waals surface area contributed by atoms with Gasteiger partial charge in [-0.25, -0.2) is 0 Å². The number of rotatable bonds is 2. The zero-order chi connectivity index (χ0) is 12.3. The van der Waals surface area contributed by atoms with Gasteiger partial charge < -0.3 is 5.32 Å². The average molecular weight is 240 g/mol.